The number of carbonyl (C=O) groups is 1. The number of aromatic nitrogens is 2. The van der Waals surface area contributed by atoms with Crippen molar-refractivity contribution < 1.29 is 4.79 Å². The van der Waals surface area contributed by atoms with Crippen LogP contribution in [-0.4, -0.2) is 16.1 Å². The van der Waals surface area contributed by atoms with Crippen LogP contribution in [0.15, 0.2) is 36.4 Å². The maximum Gasteiger partial charge on any atom is 0.272 e. The van der Waals surface area contributed by atoms with E-state index in [1.54, 1.807) is 12.1 Å². The van der Waals surface area contributed by atoms with Gasteiger partial charge in [0.25, 0.3) is 5.91 Å². The van der Waals surface area contributed by atoms with E-state index in [-0.39, 0.29) is 16.8 Å². The van der Waals surface area contributed by atoms with E-state index >= 15 is 0 Å². The van der Waals surface area contributed by atoms with Crippen LogP contribution in [0.4, 0.5) is 0 Å². The summed E-state index contributed by atoms with van der Waals surface area (Å²) < 4.78 is 0. The Kier molecular flexibility index (Phi) is 4.47. The van der Waals surface area contributed by atoms with Gasteiger partial charge in [-0.25, -0.2) is 0 Å². The quantitative estimate of drug-likeness (QED) is 0.933. The minimum absolute atomic E-state index is 0.259. The van der Waals surface area contributed by atoms with Crippen LogP contribution in [0.3, 0.4) is 0 Å². The largest absolute Gasteiger partial charge is 0.347 e. The topological polar surface area (TPSA) is 54.9 Å². The third-order valence-electron chi connectivity index (χ3n) is 2.75. The molecular weight excluding hydrogens is 262 g/mol. The first-order valence-corrected chi connectivity index (χ1v) is 6.42. The zero-order valence-corrected chi connectivity index (χ0v) is 11.3. The second-order valence-electron chi connectivity index (χ2n) is 4.09. The van der Waals surface area contributed by atoms with Crippen LogP contribution in [0.25, 0.3) is 0 Å². The summed E-state index contributed by atoms with van der Waals surface area (Å²) in [4.78, 5) is 11.8. The second kappa shape index (κ2) is 6.29. The number of nitrogens with zero attached hydrogens (tertiary/aromatic N) is 2. The summed E-state index contributed by atoms with van der Waals surface area (Å²) in [5, 5.41) is 10.4. The van der Waals surface area contributed by atoms with Gasteiger partial charge < -0.3 is 5.32 Å². The van der Waals surface area contributed by atoms with Crippen LogP contribution in [0.2, 0.25) is 5.15 Å². The lowest BCUT2D eigenvalue weighted by Crippen LogP contribution is -2.24. The monoisotopic (exact) mass is 275 g/mol. The number of halogens is 1. The first-order valence-electron chi connectivity index (χ1n) is 6.04. The maximum absolute atomic E-state index is 11.8. The highest BCUT2D eigenvalue weighted by Crippen LogP contribution is 2.06. The molecule has 0 atom stereocenters. The third-order valence-corrected chi connectivity index (χ3v) is 2.95. The van der Waals surface area contributed by atoms with Gasteiger partial charge in [-0.2, -0.15) is 0 Å². The molecule has 4 nitrogen and oxygen atoms in total. The Morgan fingerprint density at radius 1 is 1.11 bits per heavy atom. The van der Waals surface area contributed by atoms with E-state index in [1.807, 2.05) is 12.1 Å². The molecule has 2 rings (SSSR count). The van der Waals surface area contributed by atoms with Crippen LogP contribution >= 0.6 is 11.6 Å². The van der Waals surface area contributed by atoms with Crippen LogP contribution in [0.1, 0.15) is 28.5 Å². The standard InChI is InChI=1S/C14H14ClN3O/c1-2-10-3-5-11(6-4-10)9-16-14(19)12-7-8-13(15)18-17-12/h3-8H,2,9H2,1H3,(H,16,19). The Morgan fingerprint density at radius 3 is 2.37 bits per heavy atom. The summed E-state index contributed by atoms with van der Waals surface area (Å²) in [6.07, 6.45) is 1.01. The van der Waals surface area contributed by atoms with Crippen molar-refractivity contribution in [2.45, 2.75) is 19.9 Å². The zero-order chi connectivity index (χ0) is 13.7. The lowest BCUT2D eigenvalue weighted by molar-refractivity contribution is 0.0945. The molecule has 0 aliphatic rings. The van der Waals surface area contributed by atoms with Crippen molar-refractivity contribution in [3.63, 3.8) is 0 Å². The summed E-state index contributed by atoms with van der Waals surface area (Å²) >= 11 is 5.61. The van der Waals surface area contributed by atoms with Gasteiger partial charge in [0.15, 0.2) is 10.8 Å². The molecule has 0 unspecified atom stereocenters. The summed E-state index contributed by atoms with van der Waals surface area (Å²) in [6.45, 7) is 2.57. The van der Waals surface area contributed by atoms with Crippen molar-refractivity contribution in [2.75, 3.05) is 0 Å². The molecule has 0 spiro atoms. The Balaban J connectivity index is 1.94. The minimum Gasteiger partial charge on any atom is -0.347 e. The smallest absolute Gasteiger partial charge is 0.272 e. The van der Waals surface area contributed by atoms with E-state index in [9.17, 15) is 4.79 Å². The van der Waals surface area contributed by atoms with Crippen molar-refractivity contribution in [2.24, 2.45) is 0 Å². The molecule has 98 valence electrons. The molecule has 1 heterocycles. The van der Waals surface area contributed by atoms with E-state index in [1.165, 1.54) is 5.56 Å². The predicted molar refractivity (Wildman–Crippen MR) is 74.0 cm³/mol. The molecule has 1 amide bonds. The van der Waals surface area contributed by atoms with Gasteiger partial charge in [-0.05, 0) is 29.7 Å². The molecule has 2 aromatic rings. The summed E-state index contributed by atoms with van der Waals surface area (Å²) in [6, 6.07) is 11.2. The molecule has 0 saturated carbocycles. The number of hydrogen-bond acceptors (Lipinski definition) is 3. The van der Waals surface area contributed by atoms with Gasteiger partial charge in [0.05, 0.1) is 0 Å². The van der Waals surface area contributed by atoms with E-state index in [0.717, 1.165) is 12.0 Å². The van der Waals surface area contributed by atoms with Gasteiger partial charge in [-0.15, -0.1) is 10.2 Å². The molecular formula is C14H14ClN3O. The number of rotatable bonds is 4. The zero-order valence-electron chi connectivity index (χ0n) is 10.6. The molecule has 19 heavy (non-hydrogen) atoms. The molecule has 0 radical (unpaired) electrons. The fraction of sp³-hybridized carbons (Fsp3) is 0.214. The third kappa shape index (κ3) is 3.76. The van der Waals surface area contributed by atoms with Crippen molar-refractivity contribution >= 4 is 17.5 Å². The molecule has 1 aromatic carbocycles. The van der Waals surface area contributed by atoms with E-state index in [4.69, 9.17) is 11.6 Å². The molecule has 0 bridgehead atoms. The Labute approximate surface area is 116 Å². The fourth-order valence-corrected chi connectivity index (χ4v) is 1.70. The van der Waals surface area contributed by atoms with Gasteiger partial charge >= 0.3 is 0 Å². The number of carbonyl (C=O) groups excluding carboxylic acids is 1. The van der Waals surface area contributed by atoms with Crippen LogP contribution in [0.5, 0.6) is 0 Å². The van der Waals surface area contributed by atoms with Crippen LogP contribution < -0.4 is 5.32 Å². The first-order chi connectivity index (χ1) is 9.19. The summed E-state index contributed by atoms with van der Waals surface area (Å²) in [5.74, 6) is -0.260. The number of benzene rings is 1. The average Bonchev–Trinajstić information content (AvgIpc) is 2.46. The van der Waals surface area contributed by atoms with Gasteiger partial charge in [0.1, 0.15) is 0 Å². The molecule has 0 aliphatic carbocycles. The maximum atomic E-state index is 11.8. The SMILES string of the molecule is CCc1ccc(CNC(=O)c2ccc(Cl)nn2)cc1. The van der Waals surface area contributed by atoms with Crippen LogP contribution in [0, 0.1) is 0 Å². The van der Waals surface area contributed by atoms with Gasteiger partial charge in [0, 0.05) is 6.54 Å². The normalized spacial score (nSPS) is 10.2. The lowest BCUT2D eigenvalue weighted by atomic mass is 10.1. The van der Waals surface area contributed by atoms with Crippen molar-refractivity contribution in [3.8, 4) is 0 Å². The van der Waals surface area contributed by atoms with E-state index in [2.05, 4.69) is 34.6 Å². The highest BCUT2D eigenvalue weighted by atomic mass is 35.5. The van der Waals surface area contributed by atoms with Gasteiger partial charge in [-0.1, -0.05) is 42.8 Å². The molecule has 1 N–H and O–H groups in total. The van der Waals surface area contributed by atoms with Gasteiger partial charge in [-0.3, -0.25) is 4.79 Å². The summed E-state index contributed by atoms with van der Waals surface area (Å²) in [5.41, 5.74) is 2.58. The van der Waals surface area contributed by atoms with Crippen LogP contribution in [-0.2, 0) is 13.0 Å². The fourth-order valence-electron chi connectivity index (χ4n) is 1.60. The van der Waals surface area contributed by atoms with E-state index < -0.39 is 0 Å². The Morgan fingerprint density at radius 2 is 1.79 bits per heavy atom. The Bertz CT molecular complexity index is 552. The molecule has 1 aromatic heterocycles. The lowest BCUT2D eigenvalue weighted by Gasteiger charge is -2.05. The number of amides is 1. The van der Waals surface area contributed by atoms with Gasteiger partial charge in [0.2, 0.25) is 0 Å². The predicted octanol–water partition coefficient (Wildman–Crippen LogP) is 2.62. The highest BCUT2D eigenvalue weighted by molar-refractivity contribution is 6.29. The summed E-state index contributed by atoms with van der Waals surface area (Å²) in [7, 11) is 0. The highest BCUT2D eigenvalue weighted by Gasteiger charge is 2.07. The Hall–Kier alpha value is -1.94. The molecule has 0 fully saturated rings. The number of nitrogens with one attached hydrogen (secondary N) is 1. The number of hydrogen-bond donors (Lipinski definition) is 1. The van der Waals surface area contributed by atoms with E-state index in [0.29, 0.717) is 6.54 Å². The van der Waals surface area contributed by atoms with Crippen molar-refractivity contribution in [3.05, 3.63) is 58.4 Å². The first kappa shape index (κ1) is 13.5. The molecule has 0 saturated heterocycles. The number of aryl methyl sites for hydroxylation is 1. The average molecular weight is 276 g/mol. The van der Waals surface area contributed by atoms with Crippen molar-refractivity contribution in [1.82, 2.24) is 15.5 Å². The van der Waals surface area contributed by atoms with Crippen molar-refractivity contribution in [1.29, 1.82) is 0 Å². The molecule has 0 aliphatic heterocycles. The molecule has 5 heteroatoms. The second-order valence-corrected chi connectivity index (χ2v) is 4.48. The minimum atomic E-state index is -0.260.